The van der Waals surface area contributed by atoms with Gasteiger partial charge < -0.3 is 33.8 Å². The molecule has 109 heavy (non-hydrogen) atoms. The number of hydrogen-bond donors (Lipinski definition) is 3. The normalized spacial score (nSPS) is 13.8. The second-order valence-corrected chi connectivity index (χ2v) is 36.2. The lowest BCUT2D eigenvalue weighted by atomic mass is 10.0. The van der Waals surface area contributed by atoms with Gasteiger partial charge in [0.1, 0.15) is 19.3 Å². The summed E-state index contributed by atoms with van der Waals surface area (Å²) in [5, 5.41) is 10.7. The van der Waals surface area contributed by atoms with Gasteiger partial charge in [0.15, 0.2) is 12.2 Å². The van der Waals surface area contributed by atoms with Crippen molar-refractivity contribution in [1.29, 1.82) is 0 Å². The number of aliphatic hydroxyl groups is 1. The summed E-state index contributed by atoms with van der Waals surface area (Å²) in [4.78, 5) is 73.2. The van der Waals surface area contributed by atoms with Crippen LogP contribution in [0.1, 0.15) is 485 Å². The second-order valence-electron chi connectivity index (χ2n) is 33.3. The van der Waals surface area contributed by atoms with Crippen LogP contribution in [0.25, 0.3) is 0 Å². The molecule has 19 heteroatoms. The van der Waals surface area contributed by atoms with Crippen LogP contribution in [-0.4, -0.2) is 96.7 Å². The summed E-state index contributed by atoms with van der Waals surface area (Å²) in [7, 11) is -9.93. The van der Waals surface area contributed by atoms with E-state index < -0.39 is 97.5 Å². The third-order valence-corrected chi connectivity index (χ3v) is 23.1. The molecular weight excluding hydrogens is 1410 g/mol. The lowest BCUT2D eigenvalue weighted by Crippen LogP contribution is -2.30. The average molecular weight is 1590 g/mol. The van der Waals surface area contributed by atoms with Gasteiger partial charge in [-0.2, -0.15) is 0 Å². The maximum Gasteiger partial charge on any atom is 0.472 e. The Morgan fingerprint density at radius 3 is 0.624 bits per heavy atom. The molecule has 5 atom stereocenters. The first kappa shape index (κ1) is 107. The predicted octanol–water partition coefficient (Wildman–Crippen LogP) is 27.8. The Morgan fingerprint density at radius 2 is 0.422 bits per heavy atom. The van der Waals surface area contributed by atoms with Crippen LogP contribution in [0.15, 0.2) is 0 Å². The van der Waals surface area contributed by atoms with Gasteiger partial charge in [-0.15, -0.1) is 0 Å². The Bertz CT molecular complexity index is 2080. The maximum atomic E-state index is 13.2. The van der Waals surface area contributed by atoms with Crippen LogP contribution in [0.2, 0.25) is 0 Å². The molecule has 3 N–H and O–H groups in total. The number of ether oxygens (including phenoxy) is 4. The minimum Gasteiger partial charge on any atom is -0.462 e. The molecule has 0 rings (SSSR count). The minimum absolute atomic E-state index is 0.108. The Hall–Kier alpha value is -1.94. The van der Waals surface area contributed by atoms with Crippen molar-refractivity contribution < 1.29 is 80.2 Å². The summed E-state index contributed by atoms with van der Waals surface area (Å²) in [6.07, 6.45) is 75.4. The molecule has 0 fully saturated rings. The molecule has 2 unspecified atom stereocenters. The summed E-state index contributed by atoms with van der Waals surface area (Å²) < 4.78 is 68.9. The number of rotatable bonds is 89. The Kier molecular flexibility index (Phi) is 79.8. The molecule has 0 aromatic heterocycles. The van der Waals surface area contributed by atoms with Crippen LogP contribution < -0.4 is 0 Å². The number of unbranched alkanes of at least 4 members (excludes halogenated alkanes) is 59. The average Bonchev–Trinajstić information content (AvgIpc) is 0.899. The molecule has 0 saturated carbocycles. The van der Waals surface area contributed by atoms with Crippen molar-refractivity contribution in [2.45, 2.75) is 503 Å². The highest BCUT2D eigenvalue weighted by molar-refractivity contribution is 7.47. The SMILES string of the molecule is CCCCCCCCCCCCCCCCCCCCCCCCC(=O)O[C@H](COC(=O)CCCCCCCCCCCCCCCCCCCCC(C)C)COP(=O)(O)OC[C@@H](O)COP(=O)(O)OC[C@@H](COC(=O)CCCCCCCCC)OC(=O)CCCCCCCCCCCCCCCCCCC(C)C. The highest BCUT2D eigenvalue weighted by Crippen LogP contribution is 2.45. The van der Waals surface area contributed by atoms with Gasteiger partial charge in [0.05, 0.1) is 26.4 Å². The first-order chi connectivity index (χ1) is 52.9. The summed E-state index contributed by atoms with van der Waals surface area (Å²) in [5.74, 6) is -0.471. The third kappa shape index (κ3) is 83.8. The molecular formula is C90H176O17P2. The molecule has 0 saturated heterocycles. The fraction of sp³-hybridized carbons (Fsp3) is 0.956. The van der Waals surface area contributed by atoms with Crippen LogP contribution in [0.4, 0.5) is 0 Å². The number of phosphoric ester groups is 2. The zero-order valence-electron chi connectivity index (χ0n) is 71.9. The standard InChI is InChI=1S/C90H176O17P2/c1-7-9-11-13-15-16-17-18-19-20-21-22-23-24-29-35-40-45-50-56-62-69-75-90(95)107-86(79-101-88(93)73-67-61-55-49-44-39-34-28-26-25-27-32-37-42-47-53-58-64-70-82(3)4)81-105-109(98,99)103-77-84(91)76-102-108(96,97)104-80-85(78-100-87(92)72-66-60-52-14-12-10-8-2)106-89(94)74-68-63-57-51-46-41-36-31-30-33-38-43-48-54-59-65-71-83(5)6/h82-86,91H,7-81H2,1-6H3,(H,96,97)(H,98,99)/t84-,85+,86+/m0/s1. The molecule has 0 aromatic rings. The molecule has 17 nitrogen and oxygen atoms in total. The van der Waals surface area contributed by atoms with E-state index in [0.29, 0.717) is 25.7 Å². The molecule has 0 aromatic carbocycles. The first-order valence-electron chi connectivity index (χ1n) is 46.5. The first-order valence-corrected chi connectivity index (χ1v) is 49.5. The summed E-state index contributed by atoms with van der Waals surface area (Å²) in [6.45, 7) is 9.71. The quantitative estimate of drug-likeness (QED) is 0.0222. The highest BCUT2D eigenvalue weighted by atomic mass is 31.2. The lowest BCUT2D eigenvalue weighted by molar-refractivity contribution is -0.161. The predicted molar refractivity (Wildman–Crippen MR) is 451 cm³/mol. The molecule has 648 valence electrons. The smallest absolute Gasteiger partial charge is 0.462 e. The van der Waals surface area contributed by atoms with Gasteiger partial charge in [-0.25, -0.2) is 9.13 Å². The molecule has 0 aliphatic heterocycles. The van der Waals surface area contributed by atoms with Crippen molar-refractivity contribution in [1.82, 2.24) is 0 Å². The van der Waals surface area contributed by atoms with Crippen LogP contribution >= 0.6 is 15.6 Å². The van der Waals surface area contributed by atoms with Crippen molar-refractivity contribution >= 4 is 39.5 Å². The number of aliphatic hydroxyl groups excluding tert-OH is 1. The topological polar surface area (TPSA) is 237 Å². The zero-order chi connectivity index (χ0) is 79.9. The summed E-state index contributed by atoms with van der Waals surface area (Å²) in [6, 6.07) is 0. The van der Waals surface area contributed by atoms with E-state index in [1.807, 2.05) is 0 Å². The van der Waals surface area contributed by atoms with Crippen molar-refractivity contribution in [3.63, 3.8) is 0 Å². The van der Waals surface area contributed by atoms with Gasteiger partial charge >= 0.3 is 39.5 Å². The fourth-order valence-electron chi connectivity index (χ4n) is 14.1. The molecule has 0 bridgehead atoms. The van der Waals surface area contributed by atoms with Crippen molar-refractivity contribution in [2.75, 3.05) is 39.6 Å². The largest absolute Gasteiger partial charge is 0.472 e. The van der Waals surface area contributed by atoms with Crippen LogP contribution in [0.3, 0.4) is 0 Å². The molecule has 0 aliphatic rings. The third-order valence-electron chi connectivity index (χ3n) is 21.2. The number of hydrogen-bond acceptors (Lipinski definition) is 15. The molecule has 0 aliphatic carbocycles. The summed E-state index contributed by atoms with van der Waals surface area (Å²) >= 11 is 0. The van der Waals surface area contributed by atoms with Crippen molar-refractivity contribution in [2.24, 2.45) is 11.8 Å². The van der Waals surface area contributed by atoms with Crippen LogP contribution in [0.5, 0.6) is 0 Å². The molecule has 0 spiro atoms. The summed E-state index contributed by atoms with van der Waals surface area (Å²) in [5.41, 5.74) is 0. The second kappa shape index (κ2) is 81.2. The van der Waals surface area contributed by atoms with E-state index in [4.69, 9.17) is 37.0 Å². The number of carbonyl (C=O) groups excluding carboxylic acids is 4. The van der Waals surface area contributed by atoms with Gasteiger partial charge in [0.2, 0.25) is 0 Å². The van der Waals surface area contributed by atoms with Crippen molar-refractivity contribution in [3.8, 4) is 0 Å². The van der Waals surface area contributed by atoms with Gasteiger partial charge in [-0.1, -0.05) is 433 Å². The van der Waals surface area contributed by atoms with Crippen molar-refractivity contribution in [3.05, 3.63) is 0 Å². The van der Waals surface area contributed by atoms with E-state index >= 15 is 0 Å². The van der Waals surface area contributed by atoms with E-state index in [1.54, 1.807) is 0 Å². The number of carbonyl (C=O) groups is 4. The maximum absolute atomic E-state index is 13.2. The molecule has 0 heterocycles. The van der Waals surface area contributed by atoms with Gasteiger partial charge in [-0.05, 0) is 37.5 Å². The van der Waals surface area contributed by atoms with E-state index in [0.717, 1.165) is 115 Å². The lowest BCUT2D eigenvalue weighted by Gasteiger charge is -2.21. The van der Waals surface area contributed by atoms with E-state index in [1.165, 1.54) is 289 Å². The Morgan fingerprint density at radius 1 is 0.248 bits per heavy atom. The van der Waals surface area contributed by atoms with E-state index in [-0.39, 0.29) is 25.7 Å². The van der Waals surface area contributed by atoms with E-state index in [2.05, 4.69) is 41.5 Å². The fourth-order valence-corrected chi connectivity index (χ4v) is 15.7. The van der Waals surface area contributed by atoms with Crippen LogP contribution in [0, 0.1) is 11.8 Å². The molecule has 0 radical (unpaired) electrons. The van der Waals surface area contributed by atoms with Gasteiger partial charge in [0, 0.05) is 25.7 Å². The zero-order valence-corrected chi connectivity index (χ0v) is 73.7. The number of esters is 4. The minimum atomic E-state index is -4.97. The Balaban J connectivity index is 5.14. The number of phosphoric acid groups is 2. The van der Waals surface area contributed by atoms with E-state index in [9.17, 15) is 43.2 Å². The van der Waals surface area contributed by atoms with Crippen LogP contribution in [-0.2, 0) is 65.4 Å². The highest BCUT2D eigenvalue weighted by Gasteiger charge is 2.31. The molecule has 0 amide bonds. The monoisotopic (exact) mass is 1590 g/mol. The van der Waals surface area contributed by atoms with Gasteiger partial charge in [-0.3, -0.25) is 37.3 Å². The van der Waals surface area contributed by atoms with Gasteiger partial charge in [0.25, 0.3) is 0 Å². The Labute approximate surface area is 670 Å².